The highest BCUT2D eigenvalue weighted by Gasteiger charge is 2.52. The molecule has 0 aliphatic heterocycles. The van der Waals surface area contributed by atoms with Gasteiger partial charge in [-0.25, -0.2) is 0 Å². The second-order valence-electron chi connectivity index (χ2n) is 26.8. The molecule has 11 aromatic carbocycles. The predicted octanol–water partition coefficient (Wildman–Crippen LogP) is 21.7. The Morgan fingerprint density at radius 2 is 0.707 bits per heavy atom. The second-order valence-corrected chi connectivity index (χ2v) is 26.8. The molecule has 0 saturated carbocycles. The van der Waals surface area contributed by atoms with Gasteiger partial charge in [-0.1, -0.05) is 275 Å². The van der Waals surface area contributed by atoms with Crippen molar-refractivity contribution in [2.24, 2.45) is 0 Å². The molecule has 0 radical (unpaired) electrons. The molecule has 1 spiro atoms. The van der Waals surface area contributed by atoms with E-state index in [1.165, 1.54) is 134 Å². The molecule has 1 nitrogen and oxygen atoms in total. The summed E-state index contributed by atoms with van der Waals surface area (Å²) in [4.78, 5) is 2.58. The summed E-state index contributed by atoms with van der Waals surface area (Å²) in [6.07, 6.45) is 0. The number of para-hydroxylation sites is 2. The average Bonchev–Trinajstić information content (AvgIpc) is 2.05. The zero-order chi connectivity index (χ0) is 56.2. The van der Waals surface area contributed by atoms with Gasteiger partial charge < -0.3 is 4.90 Å². The molecule has 15 rings (SSSR count). The maximum atomic E-state index is 2.58. The lowest BCUT2D eigenvalue weighted by Gasteiger charge is -2.33. The van der Waals surface area contributed by atoms with Gasteiger partial charge >= 0.3 is 0 Å². The molecule has 4 aliphatic rings. The molecule has 0 saturated heterocycles. The third kappa shape index (κ3) is 7.05. The first kappa shape index (κ1) is 50.2. The highest BCUT2D eigenvalue weighted by molar-refractivity contribution is 6.02. The second kappa shape index (κ2) is 17.6. The monoisotopic (exact) mass is 1060 g/mol. The standard InChI is InChI=1S/C81H69N/c1-77(2,3)52-41-44-60-61-45-42-53(78(4,5)6)49-72(61)81(71(60)48-52)68-36-18-12-27-57(68)59-43-40-51(47-70(59)81)55-26-14-19-38-73(55)82(54-25-21-24-50(46-54)56-31-22-33-64-58-28-11-16-34-66(58)80(9,10)76(56)64)74-39-20-15-29-62(74)63-32-23-37-69-75(63)65-30-13-17-35-67(65)79(69,7)8/h11-49H,1-10H3. The van der Waals surface area contributed by atoms with E-state index in [0.29, 0.717) is 0 Å². The van der Waals surface area contributed by atoms with Crippen LogP contribution in [0.15, 0.2) is 237 Å². The number of hydrogen-bond donors (Lipinski definition) is 0. The number of rotatable bonds is 6. The summed E-state index contributed by atoms with van der Waals surface area (Å²) in [5.74, 6) is 0. The molecule has 11 aromatic rings. The van der Waals surface area contributed by atoms with Crippen molar-refractivity contribution in [1.82, 2.24) is 0 Å². The minimum atomic E-state index is -0.536. The number of benzene rings is 11. The van der Waals surface area contributed by atoms with Gasteiger partial charge in [0.2, 0.25) is 0 Å². The summed E-state index contributed by atoms with van der Waals surface area (Å²) in [6, 6.07) is 91.1. The lowest BCUT2D eigenvalue weighted by atomic mass is 9.68. The number of nitrogens with zero attached hydrogens (tertiary/aromatic N) is 1. The quantitative estimate of drug-likeness (QED) is 0.160. The maximum absolute atomic E-state index is 2.58. The minimum Gasteiger partial charge on any atom is -0.309 e. The van der Waals surface area contributed by atoms with Gasteiger partial charge in [0, 0.05) is 27.6 Å². The zero-order valence-electron chi connectivity index (χ0n) is 49.0. The summed E-state index contributed by atoms with van der Waals surface area (Å²) in [5, 5.41) is 0. The van der Waals surface area contributed by atoms with Crippen LogP contribution in [0.3, 0.4) is 0 Å². The van der Waals surface area contributed by atoms with Crippen molar-refractivity contribution in [1.29, 1.82) is 0 Å². The summed E-state index contributed by atoms with van der Waals surface area (Å²) in [5.41, 5.74) is 33.9. The van der Waals surface area contributed by atoms with Crippen LogP contribution in [0.2, 0.25) is 0 Å². The third-order valence-corrected chi connectivity index (χ3v) is 19.4. The van der Waals surface area contributed by atoms with Gasteiger partial charge in [0.25, 0.3) is 0 Å². The third-order valence-electron chi connectivity index (χ3n) is 19.4. The molecular formula is C81H69N. The van der Waals surface area contributed by atoms with Gasteiger partial charge in [-0.3, -0.25) is 0 Å². The van der Waals surface area contributed by atoms with Crippen LogP contribution in [0.1, 0.15) is 125 Å². The zero-order valence-corrected chi connectivity index (χ0v) is 49.0. The van der Waals surface area contributed by atoms with Crippen LogP contribution < -0.4 is 4.90 Å². The molecule has 0 bridgehead atoms. The van der Waals surface area contributed by atoms with Gasteiger partial charge in [0.05, 0.1) is 16.8 Å². The van der Waals surface area contributed by atoms with Crippen molar-refractivity contribution in [2.45, 2.75) is 96.3 Å². The van der Waals surface area contributed by atoms with Crippen LogP contribution in [0.5, 0.6) is 0 Å². The number of anilines is 3. The fraction of sp³-hybridized carbons (Fsp3) is 0.185. The van der Waals surface area contributed by atoms with E-state index in [2.05, 4.69) is 311 Å². The molecule has 0 unspecified atom stereocenters. The number of fused-ring (bicyclic) bond motifs is 16. The summed E-state index contributed by atoms with van der Waals surface area (Å²) < 4.78 is 0. The van der Waals surface area contributed by atoms with E-state index in [1.54, 1.807) is 0 Å². The van der Waals surface area contributed by atoms with Crippen LogP contribution >= 0.6 is 0 Å². The Bertz CT molecular complexity index is 4420. The molecule has 0 fully saturated rings. The molecule has 0 atom stereocenters. The molecular weight excluding hydrogens is 987 g/mol. The van der Waals surface area contributed by atoms with Crippen LogP contribution in [0.25, 0.3) is 77.9 Å². The molecule has 0 heterocycles. The SMILES string of the molecule is CC(C)(C)c1ccc2c(c1)C1(c3ccccc3-c3ccc(-c4ccccc4N(c4cccc(-c5cccc6c5C(C)(C)c5ccccc5-6)c4)c4ccccc4-c4cccc5c4-c4ccccc4C5(C)C)cc31)c1cc(C(C)(C)C)ccc1-2. The van der Waals surface area contributed by atoms with Gasteiger partial charge in [0.15, 0.2) is 0 Å². The maximum Gasteiger partial charge on any atom is 0.0725 e. The van der Waals surface area contributed by atoms with Gasteiger partial charge in [-0.05, 0) is 164 Å². The Labute approximate surface area is 485 Å². The first-order valence-electron chi connectivity index (χ1n) is 29.6. The van der Waals surface area contributed by atoms with Crippen molar-refractivity contribution in [2.75, 3.05) is 4.90 Å². The van der Waals surface area contributed by atoms with E-state index >= 15 is 0 Å². The van der Waals surface area contributed by atoms with Crippen LogP contribution in [-0.2, 0) is 27.1 Å². The van der Waals surface area contributed by atoms with Crippen LogP contribution in [0, 0.1) is 0 Å². The van der Waals surface area contributed by atoms with E-state index < -0.39 is 5.41 Å². The first-order chi connectivity index (χ1) is 39.5. The van der Waals surface area contributed by atoms with Crippen molar-refractivity contribution in [3.05, 3.63) is 292 Å². The van der Waals surface area contributed by atoms with Gasteiger partial charge in [-0.2, -0.15) is 0 Å². The minimum absolute atomic E-state index is 0.0401. The van der Waals surface area contributed by atoms with Crippen molar-refractivity contribution in [3.63, 3.8) is 0 Å². The van der Waals surface area contributed by atoms with Gasteiger partial charge in [-0.15, -0.1) is 0 Å². The first-order valence-corrected chi connectivity index (χ1v) is 29.6. The van der Waals surface area contributed by atoms with E-state index in [4.69, 9.17) is 0 Å². The van der Waals surface area contributed by atoms with E-state index in [9.17, 15) is 0 Å². The van der Waals surface area contributed by atoms with E-state index in [0.717, 1.165) is 17.1 Å². The Morgan fingerprint density at radius 1 is 0.280 bits per heavy atom. The van der Waals surface area contributed by atoms with Crippen LogP contribution in [0.4, 0.5) is 17.1 Å². The molecule has 0 aromatic heterocycles. The topological polar surface area (TPSA) is 3.24 Å². The molecule has 0 amide bonds. The lowest BCUT2D eigenvalue weighted by Crippen LogP contribution is -2.27. The Morgan fingerprint density at radius 3 is 1.35 bits per heavy atom. The molecule has 398 valence electrons. The average molecular weight is 1060 g/mol. The fourth-order valence-electron chi connectivity index (χ4n) is 15.4. The summed E-state index contributed by atoms with van der Waals surface area (Å²) >= 11 is 0. The van der Waals surface area contributed by atoms with Crippen molar-refractivity contribution in [3.8, 4) is 77.9 Å². The smallest absolute Gasteiger partial charge is 0.0725 e. The van der Waals surface area contributed by atoms with Gasteiger partial charge in [0.1, 0.15) is 0 Å². The highest BCUT2D eigenvalue weighted by Crippen LogP contribution is 2.65. The summed E-state index contributed by atoms with van der Waals surface area (Å²) in [7, 11) is 0. The number of hydrogen-bond acceptors (Lipinski definition) is 1. The highest BCUT2D eigenvalue weighted by atomic mass is 15.1. The Kier molecular flexibility index (Phi) is 10.8. The predicted molar refractivity (Wildman–Crippen MR) is 346 cm³/mol. The summed E-state index contributed by atoms with van der Waals surface area (Å²) in [6.45, 7) is 23.7. The van der Waals surface area contributed by atoms with Crippen LogP contribution in [-0.4, -0.2) is 0 Å². The molecule has 1 heteroatoms. The molecule has 82 heavy (non-hydrogen) atoms. The van der Waals surface area contributed by atoms with E-state index in [-0.39, 0.29) is 21.7 Å². The molecule has 0 N–H and O–H groups in total. The van der Waals surface area contributed by atoms with Crippen molar-refractivity contribution >= 4 is 17.1 Å². The fourth-order valence-corrected chi connectivity index (χ4v) is 15.4. The normalized spacial score (nSPS) is 15.0. The Hall–Kier alpha value is -8.78. The molecule has 4 aliphatic carbocycles. The van der Waals surface area contributed by atoms with E-state index in [1.807, 2.05) is 0 Å². The Balaban J connectivity index is 0.984. The largest absolute Gasteiger partial charge is 0.309 e. The van der Waals surface area contributed by atoms with Crippen molar-refractivity contribution < 1.29 is 0 Å². The lowest BCUT2D eigenvalue weighted by molar-refractivity contribution is 0.586.